The minimum atomic E-state index is 0.151. The maximum Gasteiger partial charge on any atom is 0.227 e. The van der Waals surface area contributed by atoms with Gasteiger partial charge in [0.1, 0.15) is 0 Å². The van der Waals surface area contributed by atoms with Gasteiger partial charge in [-0.2, -0.15) is 11.8 Å². The van der Waals surface area contributed by atoms with Crippen molar-refractivity contribution in [3.63, 3.8) is 0 Å². The fraction of sp³-hybridized carbons (Fsp3) is 0.556. The van der Waals surface area contributed by atoms with Gasteiger partial charge in [-0.3, -0.25) is 4.79 Å². The number of amides is 1. The molecule has 0 aromatic heterocycles. The standard InChI is InChI=1S/C18H26N4OS/c19-18(22-8-10-24-11-9-22)20-13-14-4-3-7-16(12-14)21-17(23)15-5-1-2-6-15/h3-4,7,12,15H,1-2,5-6,8-11,13H2,(H2,19,20)(H,21,23). The van der Waals surface area contributed by atoms with E-state index in [1.807, 2.05) is 36.0 Å². The highest BCUT2D eigenvalue weighted by Gasteiger charge is 2.22. The number of benzene rings is 1. The SMILES string of the molecule is NC(=NCc1cccc(NC(=O)C2CCCC2)c1)N1CCSCC1. The number of nitrogens with two attached hydrogens (primary N) is 1. The Morgan fingerprint density at radius 1 is 1.29 bits per heavy atom. The highest BCUT2D eigenvalue weighted by Crippen LogP contribution is 2.26. The van der Waals surface area contributed by atoms with Gasteiger partial charge in [-0.15, -0.1) is 0 Å². The lowest BCUT2D eigenvalue weighted by Gasteiger charge is -2.27. The maximum atomic E-state index is 12.2. The molecule has 3 N–H and O–H groups in total. The minimum absolute atomic E-state index is 0.151. The number of nitrogens with zero attached hydrogens (tertiary/aromatic N) is 2. The van der Waals surface area contributed by atoms with Crippen LogP contribution >= 0.6 is 11.8 Å². The Balaban J connectivity index is 1.57. The van der Waals surface area contributed by atoms with E-state index in [2.05, 4.69) is 15.2 Å². The van der Waals surface area contributed by atoms with Crippen LogP contribution in [0, 0.1) is 5.92 Å². The van der Waals surface area contributed by atoms with Crippen LogP contribution in [-0.4, -0.2) is 41.4 Å². The second kappa shape index (κ2) is 8.42. The molecule has 1 aromatic rings. The van der Waals surface area contributed by atoms with E-state index in [1.54, 1.807) is 0 Å². The van der Waals surface area contributed by atoms with Gasteiger partial charge in [0.25, 0.3) is 0 Å². The number of carbonyl (C=O) groups is 1. The van der Waals surface area contributed by atoms with Crippen LogP contribution in [0.2, 0.25) is 0 Å². The normalized spacial score (nSPS) is 19.5. The Hall–Kier alpha value is -1.69. The second-order valence-corrected chi connectivity index (χ2v) is 7.67. The minimum Gasteiger partial charge on any atom is -0.370 e. The lowest BCUT2D eigenvalue weighted by Crippen LogP contribution is -2.42. The first-order chi connectivity index (χ1) is 11.7. The molecule has 24 heavy (non-hydrogen) atoms. The van der Waals surface area contributed by atoms with E-state index in [9.17, 15) is 4.79 Å². The van der Waals surface area contributed by atoms with Gasteiger partial charge in [-0.05, 0) is 30.5 Å². The zero-order chi connectivity index (χ0) is 16.8. The number of nitrogens with one attached hydrogen (secondary N) is 1. The molecule has 6 heteroatoms. The molecule has 1 saturated heterocycles. The first-order valence-corrected chi connectivity index (χ1v) is 9.90. The van der Waals surface area contributed by atoms with Crippen LogP contribution in [0.4, 0.5) is 5.69 Å². The molecule has 1 aliphatic heterocycles. The van der Waals surface area contributed by atoms with Gasteiger partial charge < -0.3 is 16.0 Å². The third-order valence-electron chi connectivity index (χ3n) is 4.68. The van der Waals surface area contributed by atoms with Crippen LogP contribution in [0.5, 0.6) is 0 Å². The van der Waals surface area contributed by atoms with Crippen LogP contribution in [0.15, 0.2) is 29.3 Å². The monoisotopic (exact) mass is 346 g/mol. The molecule has 0 atom stereocenters. The van der Waals surface area contributed by atoms with Crippen LogP contribution in [0.3, 0.4) is 0 Å². The average molecular weight is 347 g/mol. The molecule has 0 spiro atoms. The number of hydrogen-bond acceptors (Lipinski definition) is 3. The molecular weight excluding hydrogens is 320 g/mol. The number of guanidine groups is 1. The third kappa shape index (κ3) is 4.66. The summed E-state index contributed by atoms with van der Waals surface area (Å²) in [5.41, 5.74) is 8.01. The van der Waals surface area contributed by atoms with Crippen LogP contribution in [0.25, 0.3) is 0 Å². The van der Waals surface area contributed by atoms with E-state index in [-0.39, 0.29) is 11.8 Å². The molecule has 130 valence electrons. The molecule has 0 unspecified atom stereocenters. The molecule has 1 amide bonds. The predicted molar refractivity (Wildman–Crippen MR) is 101 cm³/mol. The van der Waals surface area contributed by atoms with Crippen molar-refractivity contribution < 1.29 is 4.79 Å². The Labute approximate surface area is 148 Å². The molecule has 2 aliphatic rings. The highest BCUT2D eigenvalue weighted by atomic mass is 32.2. The predicted octanol–water partition coefficient (Wildman–Crippen LogP) is 2.68. The van der Waals surface area contributed by atoms with Gasteiger partial charge in [0.2, 0.25) is 5.91 Å². The number of carbonyl (C=O) groups excluding carboxylic acids is 1. The number of thioether (sulfide) groups is 1. The molecule has 0 bridgehead atoms. The van der Waals surface area contributed by atoms with E-state index >= 15 is 0 Å². The first kappa shape index (κ1) is 17.1. The van der Waals surface area contributed by atoms with Crippen molar-refractivity contribution in [2.24, 2.45) is 16.6 Å². The number of aliphatic imine (C=N–C) groups is 1. The summed E-state index contributed by atoms with van der Waals surface area (Å²) in [6.07, 6.45) is 4.36. The largest absolute Gasteiger partial charge is 0.370 e. The molecular formula is C18H26N4OS. The molecule has 0 radical (unpaired) electrons. The molecule has 1 aliphatic carbocycles. The van der Waals surface area contributed by atoms with Crippen molar-refractivity contribution in [3.05, 3.63) is 29.8 Å². The van der Waals surface area contributed by atoms with Crippen molar-refractivity contribution in [1.29, 1.82) is 0 Å². The molecule has 1 saturated carbocycles. The van der Waals surface area contributed by atoms with Crippen molar-refractivity contribution in [3.8, 4) is 0 Å². The third-order valence-corrected chi connectivity index (χ3v) is 5.62. The summed E-state index contributed by atoms with van der Waals surface area (Å²) in [6, 6.07) is 7.91. The van der Waals surface area contributed by atoms with Gasteiger partial charge in [0.15, 0.2) is 5.96 Å². The van der Waals surface area contributed by atoms with Crippen LogP contribution < -0.4 is 11.1 Å². The molecule has 1 aromatic carbocycles. The Bertz CT molecular complexity index is 592. The summed E-state index contributed by atoms with van der Waals surface area (Å²) in [5, 5.41) is 3.04. The zero-order valence-electron chi connectivity index (χ0n) is 14.0. The number of anilines is 1. The summed E-state index contributed by atoms with van der Waals surface area (Å²) in [6.45, 7) is 2.48. The zero-order valence-corrected chi connectivity index (χ0v) is 14.9. The van der Waals surface area contributed by atoms with Gasteiger partial charge in [0, 0.05) is 36.2 Å². The van der Waals surface area contributed by atoms with Gasteiger partial charge >= 0.3 is 0 Å². The van der Waals surface area contributed by atoms with Crippen molar-refractivity contribution in [2.75, 3.05) is 29.9 Å². The fourth-order valence-electron chi connectivity index (χ4n) is 3.24. The second-order valence-electron chi connectivity index (χ2n) is 6.44. The summed E-state index contributed by atoms with van der Waals surface area (Å²) in [4.78, 5) is 18.9. The smallest absolute Gasteiger partial charge is 0.227 e. The van der Waals surface area contributed by atoms with Crippen molar-refractivity contribution in [2.45, 2.75) is 32.2 Å². The van der Waals surface area contributed by atoms with Gasteiger partial charge in [-0.1, -0.05) is 25.0 Å². The molecule has 2 fully saturated rings. The van der Waals surface area contributed by atoms with Crippen molar-refractivity contribution >= 4 is 29.3 Å². The lowest BCUT2D eigenvalue weighted by molar-refractivity contribution is -0.119. The van der Waals surface area contributed by atoms with Gasteiger partial charge in [-0.25, -0.2) is 4.99 Å². The van der Waals surface area contributed by atoms with E-state index in [4.69, 9.17) is 5.73 Å². The lowest BCUT2D eigenvalue weighted by atomic mass is 10.1. The summed E-state index contributed by atoms with van der Waals surface area (Å²) in [5.74, 6) is 3.17. The maximum absolute atomic E-state index is 12.2. The molecule has 3 rings (SSSR count). The van der Waals surface area contributed by atoms with E-state index < -0.39 is 0 Å². The first-order valence-electron chi connectivity index (χ1n) is 8.75. The number of hydrogen-bond donors (Lipinski definition) is 2. The molecule has 5 nitrogen and oxygen atoms in total. The topological polar surface area (TPSA) is 70.7 Å². The fourth-order valence-corrected chi connectivity index (χ4v) is 4.15. The summed E-state index contributed by atoms with van der Waals surface area (Å²) in [7, 11) is 0. The Morgan fingerprint density at radius 3 is 2.79 bits per heavy atom. The van der Waals surface area contributed by atoms with Crippen molar-refractivity contribution in [1.82, 2.24) is 4.90 Å². The van der Waals surface area contributed by atoms with Crippen LogP contribution in [-0.2, 0) is 11.3 Å². The Morgan fingerprint density at radius 2 is 2.04 bits per heavy atom. The Kier molecular flexibility index (Phi) is 6.01. The van der Waals surface area contributed by atoms with E-state index in [0.29, 0.717) is 12.5 Å². The number of rotatable bonds is 4. The quantitative estimate of drug-likeness (QED) is 0.649. The summed E-state index contributed by atoms with van der Waals surface area (Å²) < 4.78 is 0. The van der Waals surface area contributed by atoms with Gasteiger partial charge in [0.05, 0.1) is 6.54 Å². The van der Waals surface area contributed by atoms with Crippen LogP contribution in [0.1, 0.15) is 31.2 Å². The highest BCUT2D eigenvalue weighted by molar-refractivity contribution is 7.99. The average Bonchev–Trinajstić information content (AvgIpc) is 3.15. The van der Waals surface area contributed by atoms with E-state index in [1.165, 1.54) is 12.8 Å². The molecule has 1 heterocycles. The van der Waals surface area contributed by atoms with E-state index in [0.717, 1.165) is 48.7 Å². The summed E-state index contributed by atoms with van der Waals surface area (Å²) >= 11 is 1.96.